The van der Waals surface area contributed by atoms with Gasteiger partial charge in [-0.3, -0.25) is 0 Å². The standard InChI is InChI=1S/C22H23N3O3.W/c1-22(2)15-16-13-19-17(14-18(16)28-22)21(26)24-8-5-3-4-7-20-23-9-11-25(20)10-6-12-27-19;/h3-5,8-9,11,13-14H,6,10,12,15H2,1-2H3,(H,24,26);. The number of aryl methyl sites for hydroxylation is 1. The number of amides is 1. The van der Waals surface area contributed by atoms with Crippen molar-refractivity contribution in [2.24, 2.45) is 0 Å². The molecule has 1 amide bonds. The van der Waals surface area contributed by atoms with Gasteiger partial charge < -0.3 is 0 Å². The van der Waals surface area contributed by atoms with Crippen LogP contribution < -0.4 is 14.8 Å². The van der Waals surface area contributed by atoms with Crippen LogP contribution in [0.1, 0.15) is 42.0 Å². The van der Waals surface area contributed by atoms with Gasteiger partial charge in [-0.25, -0.2) is 0 Å². The van der Waals surface area contributed by atoms with Gasteiger partial charge in [0.1, 0.15) is 0 Å². The number of fused-ring (bicyclic) bond motifs is 3. The van der Waals surface area contributed by atoms with Crippen molar-refractivity contribution in [1.82, 2.24) is 14.9 Å². The van der Waals surface area contributed by atoms with Crippen LogP contribution in [0.15, 0.2) is 49.0 Å². The van der Waals surface area contributed by atoms with Crippen LogP contribution in [0.4, 0.5) is 0 Å². The number of aromatic nitrogens is 2. The summed E-state index contributed by atoms with van der Waals surface area (Å²) in [6, 6.07) is 3.75. The molecule has 0 saturated carbocycles. The average molecular weight is 561 g/mol. The third-order valence-corrected chi connectivity index (χ3v) is 5.96. The molecule has 0 unspecified atom stereocenters. The number of carbonyl (C=O) groups excluding carboxylic acids is 1. The van der Waals surface area contributed by atoms with E-state index in [1.165, 1.54) is 19.4 Å². The van der Waals surface area contributed by atoms with Crippen molar-refractivity contribution in [2.75, 3.05) is 6.61 Å². The molecule has 2 aliphatic heterocycles. The van der Waals surface area contributed by atoms with E-state index in [0.717, 1.165) is 40.4 Å². The average Bonchev–Trinajstić information content (AvgIpc) is 3.25. The second-order valence-electron chi connectivity index (χ2n) is 7.70. The first-order chi connectivity index (χ1) is 13.9. The van der Waals surface area contributed by atoms with Gasteiger partial charge in [0.15, 0.2) is 0 Å². The van der Waals surface area contributed by atoms with Gasteiger partial charge in [-0.15, -0.1) is 0 Å². The topological polar surface area (TPSA) is 65.4 Å². The minimum atomic E-state index is -0.273. The van der Waals surface area contributed by atoms with Gasteiger partial charge in [0.2, 0.25) is 0 Å². The van der Waals surface area contributed by atoms with Crippen molar-refractivity contribution < 1.29 is 33.6 Å². The van der Waals surface area contributed by atoms with E-state index < -0.39 is 0 Å². The fourth-order valence-corrected chi connectivity index (χ4v) is 4.42. The molecule has 0 fully saturated rings. The molecule has 0 bridgehead atoms. The van der Waals surface area contributed by atoms with Crippen LogP contribution in [0.5, 0.6) is 11.5 Å². The molecule has 0 spiro atoms. The zero-order valence-electron chi connectivity index (χ0n) is 16.5. The van der Waals surface area contributed by atoms with E-state index in [-0.39, 0.29) is 11.5 Å². The predicted octanol–water partition coefficient (Wildman–Crippen LogP) is 2.95. The van der Waals surface area contributed by atoms with E-state index in [9.17, 15) is 4.79 Å². The summed E-state index contributed by atoms with van der Waals surface area (Å²) in [5, 5.41) is 2.82. The molecule has 1 aromatic heterocycles. The minimum absolute atomic E-state index is 0.213. The number of nitrogens with one attached hydrogen (secondary N) is 1. The van der Waals surface area contributed by atoms with Crippen molar-refractivity contribution >= 4 is 9.81 Å². The van der Waals surface area contributed by atoms with E-state index in [1.807, 2.05) is 44.5 Å². The van der Waals surface area contributed by atoms with Gasteiger partial charge in [-0.2, -0.15) is 0 Å². The molecule has 4 rings (SSSR count). The quantitative estimate of drug-likeness (QED) is 0.538. The predicted molar refractivity (Wildman–Crippen MR) is 107 cm³/mol. The molecule has 0 atom stereocenters. The molecule has 3 heterocycles. The molecule has 2 aliphatic rings. The van der Waals surface area contributed by atoms with Crippen molar-refractivity contribution in [3.8, 4) is 11.5 Å². The molecule has 6 nitrogen and oxygen atoms in total. The van der Waals surface area contributed by atoms with Crippen LogP contribution in [0.3, 0.4) is 0 Å². The Kier molecular flexibility index (Phi) is 5.55. The summed E-state index contributed by atoms with van der Waals surface area (Å²) in [5.41, 5.74) is 1.29. The van der Waals surface area contributed by atoms with Crippen LogP contribution in [0, 0.1) is 0 Å². The number of rotatable bonds is 0. The molecule has 0 aliphatic carbocycles. The van der Waals surface area contributed by atoms with Gasteiger partial charge >= 0.3 is 167 Å². The van der Waals surface area contributed by atoms with Crippen molar-refractivity contribution in [2.45, 2.75) is 38.8 Å². The third-order valence-electron chi connectivity index (χ3n) is 4.82. The number of ether oxygens (including phenoxy) is 2. The Morgan fingerprint density at radius 3 is 2.97 bits per heavy atom. The molecular weight excluding hydrogens is 538 g/mol. The van der Waals surface area contributed by atoms with Crippen LogP contribution in [0.25, 0.3) is 0 Å². The Labute approximate surface area is 181 Å². The second kappa shape index (κ2) is 8.11. The van der Waals surface area contributed by atoms with Crippen molar-refractivity contribution in [3.63, 3.8) is 0 Å². The third kappa shape index (κ3) is 4.43. The number of hydrogen-bond acceptors (Lipinski definition) is 4. The van der Waals surface area contributed by atoms with Crippen LogP contribution in [-0.2, 0) is 32.3 Å². The van der Waals surface area contributed by atoms with Gasteiger partial charge in [-0.1, -0.05) is 0 Å². The Hall–Kier alpha value is -2.46. The first-order valence-corrected chi connectivity index (χ1v) is 11.1. The van der Waals surface area contributed by atoms with Gasteiger partial charge in [0.05, 0.1) is 0 Å². The number of carbonyl (C=O) groups is 1. The molecule has 1 aromatic carbocycles. The first kappa shape index (κ1) is 19.8. The maximum absolute atomic E-state index is 12.8. The normalized spacial score (nSPS) is 18.4. The fraction of sp³-hybridized carbons (Fsp3) is 0.318. The molecule has 2 aromatic rings. The Balaban J connectivity index is 1.64. The summed E-state index contributed by atoms with van der Waals surface area (Å²) in [7, 11) is 0. The number of allylic oxidation sites excluding steroid dienone is 3. The van der Waals surface area contributed by atoms with Crippen molar-refractivity contribution in [1.29, 1.82) is 0 Å². The van der Waals surface area contributed by atoms with E-state index in [4.69, 9.17) is 9.47 Å². The summed E-state index contributed by atoms with van der Waals surface area (Å²) in [4.78, 5) is 17.2. The van der Waals surface area contributed by atoms with Gasteiger partial charge in [0, 0.05) is 0 Å². The van der Waals surface area contributed by atoms with E-state index in [2.05, 4.69) is 14.9 Å². The molecule has 150 valence electrons. The number of nitrogens with zero attached hydrogens (tertiary/aromatic N) is 2. The number of imidazole rings is 1. The first-order valence-electron chi connectivity index (χ1n) is 9.61. The SMILES string of the molecule is CC1(C)Cc2cc3c(cc2O1)C(=O)NC=CC=C[C](=[W])c1nccn1CCCO3. The number of benzene rings is 1. The Bertz CT molecular complexity index is 1020. The summed E-state index contributed by atoms with van der Waals surface area (Å²) < 4.78 is 15.3. The molecule has 1 N–H and O–H groups in total. The fourth-order valence-electron chi connectivity index (χ4n) is 3.53. The van der Waals surface area contributed by atoms with Crippen LogP contribution in [-0.4, -0.2) is 31.6 Å². The van der Waals surface area contributed by atoms with E-state index in [1.54, 1.807) is 18.3 Å². The van der Waals surface area contributed by atoms with Crippen LogP contribution in [0.2, 0.25) is 0 Å². The van der Waals surface area contributed by atoms with Gasteiger partial charge in [0.25, 0.3) is 0 Å². The zero-order valence-corrected chi connectivity index (χ0v) is 19.4. The summed E-state index contributed by atoms with van der Waals surface area (Å²) >= 11 is 1.34. The summed E-state index contributed by atoms with van der Waals surface area (Å²) in [6.45, 7) is 5.41. The van der Waals surface area contributed by atoms with Crippen molar-refractivity contribution in [3.05, 3.63) is 65.9 Å². The summed E-state index contributed by atoms with van der Waals surface area (Å²) in [6.07, 6.45) is 12.8. The Morgan fingerprint density at radius 2 is 2.10 bits per heavy atom. The maximum atomic E-state index is 12.8. The number of hydrogen-bond donors (Lipinski definition) is 1. The Morgan fingerprint density at radius 1 is 1.24 bits per heavy atom. The van der Waals surface area contributed by atoms with E-state index >= 15 is 0 Å². The zero-order chi connectivity index (χ0) is 20.4. The molecular formula is C22H23N3O3W. The second-order valence-corrected chi connectivity index (χ2v) is 9.28. The van der Waals surface area contributed by atoms with Gasteiger partial charge in [-0.05, 0) is 13.8 Å². The molecule has 0 radical (unpaired) electrons. The van der Waals surface area contributed by atoms with E-state index in [0.29, 0.717) is 17.9 Å². The molecule has 7 heteroatoms. The summed E-state index contributed by atoms with van der Waals surface area (Å²) in [5.74, 6) is 2.11. The molecule has 29 heavy (non-hydrogen) atoms. The molecule has 0 saturated heterocycles. The van der Waals surface area contributed by atoms with Crippen LogP contribution >= 0.6 is 0 Å². The monoisotopic (exact) mass is 561 g/mol.